The normalized spacial score (nSPS) is 10.4. The van der Waals surface area contributed by atoms with Crippen LogP contribution in [-0.4, -0.2) is 23.0 Å². The van der Waals surface area contributed by atoms with Crippen molar-refractivity contribution in [3.8, 4) is 6.01 Å². The lowest BCUT2D eigenvalue weighted by Gasteiger charge is -2.17. The van der Waals surface area contributed by atoms with Crippen LogP contribution in [0, 0.1) is 0 Å². The van der Waals surface area contributed by atoms with Crippen LogP contribution in [0.4, 0.5) is 5.69 Å². The van der Waals surface area contributed by atoms with Gasteiger partial charge in [0.25, 0.3) is 0 Å². The van der Waals surface area contributed by atoms with Gasteiger partial charge in [0.1, 0.15) is 0 Å². The maximum atomic E-state index is 12.9. The molecule has 0 spiro atoms. The van der Waals surface area contributed by atoms with Gasteiger partial charge in [-0.05, 0) is 11.1 Å². The Morgan fingerprint density at radius 1 is 0.917 bits per heavy atom. The summed E-state index contributed by atoms with van der Waals surface area (Å²) in [7, 11) is 1.49. The van der Waals surface area contributed by atoms with Crippen LogP contribution in [0.1, 0.15) is 17.0 Å². The fourth-order valence-corrected chi connectivity index (χ4v) is 2.49. The van der Waals surface area contributed by atoms with E-state index < -0.39 is 5.92 Å². The van der Waals surface area contributed by atoms with Crippen LogP contribution in [-0.2, 0) is 4.79 Å². The van der Waals surface area contributed by atoms with Crippen molar-refractivity contribution >= 4 is 11.6 Å². The Hall–Kier alpha value is -3.21. The number of nitrogens with one attached hydrogen (secondary N) is 1. The quantitative estimate of drug-likeness (QED) is 0.784. The molecule has 24 heavy (non-hydrogen) atoms. The van der Waals surface area contributed by atoms with E-state index in [0.717, 1.165) is 11.1 Å². The molecule has 1 amide bonds. The Kier molecular flexibility index (Phi) is 4.81. The van der Waals surface area contributed by atoms with Gasteiger partial charge in [-0.3, -0.25) is 4.79 Å². The first-order valence-electron chi connectivity index (χ1n) is 7.54. The number of carbonyl (C=O) groups excluding carboxylic acids is 1. The molecule has 120 valence electrons. The summed E-state index contributed by atoms with van der Waals surface area (Å²) in [6, 6.07) is 19.6. The molecule has 0 unspecified atom stereocenters. The number of aromatic nitrogens is 2. The van der Waals surface area contributed by atoms with Gasteiger partial charge in [-0.2, -0.15) is 0 Å². The van der Waals surface area contributed by atoms with Crippen molar-refractivity contribution in [1.29, 1.82) is 0 Å². The van der Waals surface area contributed by atoms with Crippen LogP contribution in [0.3, 0.4) is 0 Å². The third kappa shape index (κ3) is 3.57. The molecule has 0 bridgehead atoms. The summed E-state index contributed by atoms with van der Waals surface area (Å²) in [5.41, 5.74) is 2.38. The molecule has 1 N–H and O–H groups in total. The highest BCUT2D eigenvalue weighted by Gasteiger charge is 2.22. The molecule has 3 aromatic rings. The average molecular weight is 319 g/mol. The van der Waals surface area contributed by atoms with E-state index in [1.807, 2.05) is 60.7 Å². The monoisotopic (exact) mass is 319 g/mol. The number of anilines is 1. The molecular weight excluding hydrogens is 302 g/mol. The third-order valence-electron chi connectivity index (χ3n) is 3.61. The maximum absolute atomic E-state index is 12.9. The van der Waals surface area contributed by atoms with E-state index in [-0.39, 0.29) is 11.9 Å². The van der Waals surface area contributed by atoms with Gasteiger partial charge in [-0.1, -0.05) is 60.7 Å². The van der Waals surface area contributed by atoms with E-state index in [2.05, 4.69) is 15.3 Å². The number of nitrogens with zero attached hydrogens (tertiary/aromatic N) is 2. The molecule has 2 aromatic carbocycles. The second-order valence-electron chi connectivity index (χ2n) is 5.20. The number of benzene rings is 2. The van der Waals surface area contributed by atoms with Gasteiger partial charge in [-0.15, -0.1) is 0 Å². The van der Waals surface area contributed by atoms with E-state index in [1.54, 1.807) is 0 Å². The molecular formula is C19H17N3O2. The number of hydrogen-bond acceptors (Lipinski definition) is 4. The molecule has 0 saturated carbocycles. The number of hydrogen-bond donors (Lipinski definition) is 1. The summed E-state index contributed by atoms with van der Waals surface area (Å²) in [6.07, 6.45) is 3.05. The Bertz CT molecular complexity index is 750. The second kappa shape index (κ2) is 7.37. The summed E-state index contributed by atoms with van der Waals surface area (Å²) in [4.78, 5) is 20.9. The topological polar surface area (TPSA) is 64.1 Å². The van der Waals surface area contributed by atoms with Crippen LogP contribution >= 0.6 is 0 Å². The Balaban J connectivity index is 1.89. The Morgan fingerprint density at radius 3 is 1.88 bits per heavy atom. The summed E-state index contributed by atoms with van der Waals surface area (Å²) < 4.78 is 4.93. The number of ether oxygens (including phenoxy) is 1. The van der Waals surface area contributed by atoms with Gasteiger partial charge in [-0.25, -0.2) is 9.97 Å². The van der Waals surface area contributed by atoms with E-state index in [9.17, 15) is 4.79 Å². The summed E-state index contributed by atoms with van der Waals surface area (Å²) >= 11 is 0. The predicted octanol–water partition coefficient (Wildman–Crippen LogP) is 3.26. The Labute approximate surface area is 140 Å². The van der Waals surface area contributed by atoms with Crippen LogP contribution in [0.2, 0.25) is 0 Å². The number of rotatable bonds is 5. The molecule has 0 fully saturated rings. The Morgan fingerprint density at radius 2 is 1.42 bits per heavy atom. The van der Waals surface area contributed by atoms with Crippen LogP contribution < -0.4 is 10.1 Å². The average Bonchev–Trinajstić information content (AvgIpc) is 2.64. The molecule has 0 aliphatic carbocycles. The van der Waals surface area contributed by atoms with Crippen molar-refractivity contribution in [1.82, 2.24) is 9.97 Å². The molecule has 1 aromatic heterocycles. The van der Waals surface area contributed by atoms with Gasteiger partial charge in [0, 0.05) is 0 Å². The zero-order chi connectivity index (χ0) is 16.8. The number of carbonyl (C=O) groups is 1. The lowest BCUT2D eigenvalue weighted by molar-refractivity contribution is -0.116. The van der Waals surface area contributed by atoms with Gasteiger partial charge >= 0.3 is 6.01 Å². The van der Waals surface area contributed by atoms with Crippen molar-refractivity contribution in [2.24, 2.45) is 0 Å². The predicted molar refractivity (Wildman–Crippen MR) is 91.9 cm³/mol. The van der Waals surface area contributed by atoms with Crippen LogP contribution in [0.5, 0.6) is 6.01 Å². The van der Waals surface area contributed by atoms with Gasteiger partial charge in [0.05, 0.1) is 31.1 Å². The third-order valence-corrected chi connectivity index (χ3v) is 3.61. The standard InChI is InChI=1S/C19H17N3O2/c1-24-19-20-12-16(13-21-19)22-18(23)17(14-8-4-2-5-9-14)15-10-6-3-7-11-15/h2-13,17H,1H3,(H,22,23). The molecule has 5 heteroatoms. The first kappa shape index (κ1) is 15.7. The van der Waals surface area contributed by atoms with E-state index in [4.69, 9.17) is 4.74 Å². The smallest absolute Gasteiger partial charge is 0.316 e. The number of amides is 1. The van der Waals surface area contributed by atoms with Crippen molar-refractivity contribution in [3.63, 3.8) is 0 Å². The highest BCUT2D eigenvalue weighted by molar-refractivity contribution is 5.97. The van der Waals surface area contributed by atoms with E-state index >= 15 is 0 Å². The van der Waals surface area contributed by atoms with Crippen molar-refractivity contribution in [2.75, 3.05) is 12.4 Å². The molecule has 0 aliphatic rings. The highest BCUT2D eigenvalue weighted by Crippen LogP contribution is 2.26. The van der Waals surface area contributed by atoms with Gasteiger partial charge < -0.3 is 10.1 Å². The minimum atomic E-state index is -0.408. The van der Waals surface area contributed by atoms with E-state index in [0.29, 0.717) is 5.69 Å². The fourth-order valence-electron chi connectivity index (χ4n) is 2.49. The van der Waals surface area contributed by atoms with Crippen molar-refractivity contribution < 1.29 is 9.53 Å². The molecule has 0 saturated heterocycles. The molecule has 0 aliphatic heterocycles. The minimum Gasteiger partial charge on any atom is -0.467 e. The molecule has 0 atom stereocenters. The van der Waals surface area contributed by atoms with Crippen molar-refractivity contribution in [3.05, 3.63) is 84.2 Å². The number of methoxy groups -OCH3 is 1. The molecule has 5 nitrogen and oxygen atoms in total. The van der Waals surface area contributed by atoms with E-state index in [1.165, 1.54) is 19.5 Å². The first-order valence-corrected chi connectivity index (χ1v) is 7.54. The van der Waals surface area contributed by atoms with Gasteiger partial charge in [0.15, 0.2) is 0 Å². The maximum Gasteiger partial charge on any atom is 0.316 e. The zero-order valence-corrected chi connectivity index (χ0v) is 13.2. The lowest BCUT2D eigenvalue weighted by atomic mass is 9.90. The summed E-state index contributed by atoms with van der Waals surface area (Å²) in [5, 5.41) is 2.87. The SMILES string of the molecule is COc1ncc(NC(=O)C(c2ccccc2)c2ccccc2)cn1. The minimum absolute atomic E-state index is 0.138. The van der Waals surface area contributed by atoms with Gasteiger partial charge in [0.2, 0.25) is 5.91 Å². The second-order valence-corrected chi connectivity index (χ2v) is 5.20. The summed E-state index contributed by atoms with van der Waals surface area (Å²) in [6.45, 7) is 0. The summed E-state index contributed by atoms with van der Waals surface area (Å²) in [5.74, 6) is -0.546. The molecule has 1 heterocycles. The molecule has 0 radical (unpaired) electrons. The van der Waals surface area contributed by atoms with Crippen LogP contribution in [0.25, 0.3) is 0 Å². The first-order chi connectivity index (χ1) is 11.8. The fraction of sp³-hybridized carbons (Fsp3) is 0.105. The van der Waals surface area contributed by atoms with Crippen molar-refractivity contribution in [2.45, 2.75) is 5.92 Å². The lowest BCUT2D eigenvalue weighted by Crippen LogP contribution is -2.22. The highest BCUT2D eigenvalue weighted by atomic mass is 16.5. The largest absolute Gasteiger partial charge is 0.467 e. The molecule has 3 rings (SSSR count). The van der Waals surface area contributed by atoms with Crippen LogP contribution in [0.15, 0.2) is 73.1 Å². The zero-order valence-electron chi connectivity index (χ0n) is 13.2.